The molecule has 2 heterocycles. The second-order valence-electron chi connectivity index (χ2n) is 7.60. The number of aromatic nitrogens is 2. The predicted molar refractivity (Wildman–Crippen MR) is 114 cm³/mol. The number of methoxy groups -OCH3 is 1. The van der Waals surface area contributed by atoms with E-state index < -0.39 is 0 Å². The number of piperidine rings is 1. The number of ether oxygens (including phenoxy) is 1. The Labute approximate surface area is 176 Å². The molecule has 1 aromatic heterocycles. The minimum absolute atomic E-state index is 0.134. The Bertz CT molecular complexity index is 986. The zero-order valence-corrected chi connectivity index (χ0v) is 17.5. The van der Waals surface area contributed by atoms with Crippen LogP contribution in [0.4, 0.5) is 0 Å². The van der Waals surface area contributed by atoms with Crippen molar-refractivity contribution in [2.24, 2.45) is 0 Å². The van der Waals surface area contributed by atoms with Crippen LogP contribution in [0.25, 0.3) is 11.4 Å². The fourth-order valence-corrected chi connectivity index (χ4v) is 4.14. The van der Waals surface area contributed by atoms with Crippen LogP contribution < -0.4 is 4.74 Å². The molecule has 1 amide bonds. The minimum Gasteiger partial charge on any atom is -0.497 e. The van der Waals surface area contributed by atoms with Crippen LogP contribution in [0.5, 0.6) is 5.75 Å². The number of amides is 1. The van der Waals surface area contributed by atoms with Crippen molar-refractivity contribution in [3.8, 4) is 17.1 Å². The summed E-state index contributed by atoms with van der Waals surface area (Å²) in [6.07, 6.45) is 3.61. The topological polar surface area (TPSA) is 68.5 Å². The molecule has 156 valence electrons. The third-order valence-corrected chi connectivity index (χ3v) is 5.75. The predicted octanol–water partition coefficient (Wildman–Crippen LogP) is 4.99. The molecule has 0 saturated carbocycles. The molecule has 1 saturated heterocycles. The Hall–Kier alpha value is -3.15. The SMILES string of the molecule is CC[C@H](C(=O)N1CCCC[C@@H]1c1nc(-c2cccc(OC)c2)no1)c1ccccc1. The van der Waals surface area contributed by atoms with E-state index in [0.29, 0.717) is 18.3 Å². The first-order valence-corrected chi connectivity index (χ1v) is 10.5. The van der Waals surface area contributed by atoms with Gasteiger partial charge in [-0.2, -0.15) is 4.98 Å². The van der Waals surface area contributed by atoms with Crippen molar-refractivity contribution in [3.63, 3.8) is 0 Å². The van der Waals surface area contributed by atoms with Crippen LogP contribution in [0, 0.1) is 0 Å². The number of carbonyl (C=O) groups is 1. The number of benzene rings is 2. The normalized spacial score (nSPS) is 17.5. The third-order valence-electron chi connectivity index (χ3n) is 5.75. The van der Waals surface area contributed by atoms with E-state index in [1.54, 1.807) is 7.11 Å². The summed E-state index contributed by atoms with van der Waals surface area (Å²) in [4.78, 5) is 20.1. The van der Waals surface area contributed by atoms with Crippen LogP contribution in [0.2, 0.25) is 0 Å². The number of rotatable bonds is 6. The first kappa shape index (κ1) is 20.1. The third kappa shape index (κ3) is 4.08. The number of carbonyl (C=O) groups excluding carboxylic acids is 1. The van der Waals surface area contributed by atoms with Crippen molar-refractivity contribution < 1.29 is 14.1 Å². The lowest BCUT2D eigenvalue weighted by Gasteiger charge is -2.35. The maximum atomic E-state index is 13.5. The molecule has 1 aliphatic heterocycles. The van der Waals surface area contributed by atoms with Gasteiger partial charge in [-0.25, -0.2) is 0 Å². The maximum Gasteiger partial charge on any atom is 0.249 e. The highest BCUT2D eigenvalue weighted by Gasteiger charge is 2.35. The summed E-state index contributed by atoms with van der Waals surface area (Å²) < 4.78 is 10.9. The first-order chi connectivity index (χ1) is 14.7. The molecular formula is C24H27N3O3. The van der Waals surface area contributed by atoms with Crippen molar-refractivity contribution in [2.75, 3.05) is 13.7 Å². The van der Waals surface area contributed by atoms with Crippen LogP contribution in [-0.2, 0) is 4.79 Å². The fourth-order valence-electron chi connectivity index (χ4n) is 4.14. The van der Waals surface area contributed by atoms with E-state index in [0.717, 1.165) is 42.6 Å². The van der Waals surface area contributed by atoms with Crippen LogP contribution in [0.3, 0.4) is 0 Å². The van der Waals surface area contributed by atoms with Gasteiger partial charge in [-0.05, 0) is 43.4 Å². The molecule has 2 aromatic carbocycles. The maximum absolute atomic E-state index is 13.5. The highest BCUT2D eigenvalue weighted by atomic mass is 16.5. The average Bonchev–Trinajstić information content (AvgIpc) is 3.30. The Morgan fingerprint density at radius 3 is 2.80 bits per heavy atom. The molecule has 1 aliphatic rings. The molecule has 0 spiro atoms. The molecule has 6 heteroatoms. The van der Waals surface area contributed by atoms with Crippen molar-refractivity contribution in [3.05, 3.63) is 66.1 Å². The molecule has 4 rings (SSSR count). The Kier molecular flexibility index (Phi) is 6.12. The fraction of sp³-hybridized carbons (Fsp3) is 0.375. The van der Waals surface area contributed by atoms with Crippen LogP contribution in [0.1, 0.15) is 56.0 Å². The van der Waals surface area contributed by atoms with Gasteiger partial charge in [-0.15, -0.1) is 0 Å². The van der Waals surface area contributed by atoms with E-state index >= 15 is 0 Å². The molecule has 0 bridgehead atoms. The summed E-state index contributed by atoms with van der Waals surface area (Å²) in [6.45, 7) is 2.77. The molecule has 2 atom stereocenters. The van der Waals surface area contributed by atoms with Gasteiger partial charge >= 0.3 is 0 Å². The van der Waals surface area contributed by atoms with Crippen LogP contribution in [-0.4, -0.2) is 34.6 Å². The Morgan fingerprint density at radius 2 is 2.03 bits per heavy atom. The van der Waals surface area contributed by atoms with E-state index in [1.165, 1.54) is 0 Å². The van der Waals surface area contributed by atoms with Gasteiger partial charge in [0.25, 0.3) is 0 Å². The van der Waals surface area contributed by atoms with Gasteiger partial charge in [0.05, 0.1) is 13.0 Å². The monoisotopic (exact) mass is 405 g/mol. The summed E-state index contributed by atoms with van der Waals surface area (Å²) >= 11 is 0. The van der Waals surface area contributed by atoms with E-state index in [2.05, 4.69) is 17.1 Å². The summed E-state index contributed by atoms with van der Waals surface area (Å²) in [7, 11) is 1.63. The van der Waals surface area contributed by atoms with E-state index in [-0.39, 0.29) is 17.9 Å². The van der Waals surface area contributed by atoms with Crippen molar-refractivity contribution in [1.29, 1.82) is 0 Å². The van der Waals surface area contributed by atoms with Gasteiger partial charge in [-0.1, -0.05) is 54.5 Å². The zero-order chi connectivity index (χ0) is 20.9. The Balaban J connectivity index is 1.59. The zero-order valence-electron chi connectivity index (χ0n) is 17.5. The summed E-state index contributed by atoms with van der Waals surface area (Å²) in [5.74, 6) is 1.73. The highest BCUT2D eigenvalue weighted by Crippen LogP contribution is 2.35. The van der Waals surface area contributed by atoms with Gasteiger partial charge < -0.3 is 14.2 Å². The summed E-state index contributed by atoms with van der Waals surface area (Å²) in [6, 6.07) is 17.4. The lowest BCUT2D eigenvalue weighted by Crippen LogP contribution is -2.41. The van der Waals surface area contributed by atoms with E-state index in [4.69, 9.17) is 9.26 Å². The van der Waals surface area contributed by atoms with Gasteiger partial charge in [0.1, 0.15) is 11.8 Å². The number of hydrogen-bond acceptors (Lipinski definition) is 5. The number of hydrogen-bond donors (Lipinski definition) is 0. The average molecular weight is 405 g/mol. The molecule has 6 nitrogen and oxygen atoms in total. The first-order valence-electron chi connectivity index (χ1n) is 10.5. The van der Waals surface area contributed by atoms with Crippen LogP contribution >= 0.6 is 0 Å². The lowest BCUT2D eigenvalue weighted by molar-refractivity contribution is -0.137. The molecule has 1 fully saturated rings. The Morgan fingerprint density at radius 1 is 1.20 bits per heavy atom. The molecular weight excluding hydrogens is 378 g/mol. The summed E-state index contributed by atoms with van der Waals surface area (Å²) in [5, 5.41) is 4.17. The van der Waals surface area contributed by atoms with E-state index in [9.17, 15) is 4.79 Å². The second kappa shape index (κ2) is 9.11. The minimum atomic E-state index is -0.184. The molecule has 30 heavy (non-hydrogen) atoms. The summed E-state index contributed by atoms with van der Waals surface area (Å²) in [5.41, 5.74) is 1.88. The van der Waals surface area contributed by atoms with Crippen molar-refractivity contribution >= 4 is 5.91 Å². The number of likely N-dealkylation sites (tertiary alicyclic amines) is 1. The molecule has 3 aromatic rings. The van der Waals surface area contributed by atoms with Crippen molar-refractivity contribution in [1.82, 2.24) is 15.0 Å². The van der Waals surface area contributed by atoms with Gasteiger partial charge in [0.15, 0.2) is 0 Å². The van der Waals surface area contributed by atoms with Gasteiger partial charge in [0, 0.05) is 12.1 Å². The number of nitrogens with zero attached hydrogens (tertiary/aromatic N) is 3. The molecule has 0 aliphatic carbocycles. The second-order valence-corrected chi connectivity index (χ2v) is 7.60. The lowest BCUT2D eigenvalue weighted by atomic mass is 9.92. The largest absolute Gasteiger partial charge is 0.497 e. The quantitative estimate of drug-likeness (QED) is 0.578. The van der Waals surface area contributed by atoms with Crippen molar-refractivity contribution in [2.45, 2.75) is 44.6 Å². The molecule has 0 N–H and O–H groups in total. The van der Waals surface area contributed by atoms with Gasteiger partial charge in [0.2, 0.25) is 17.6 Å². The molecule has 0 unspecified atom stereocenters. The molecule has 0 radical (unpaired) electrons. The van der Waals surface area contributed by atoms with Crippen LogP contribution in [0.15, 0.2) is 59.1 Å². The standard InChI is InChI=1S/C24H27N3O3/c1-3-20(17-10-5-4-6-11-17)24(28)27-15-8-7-14-21(27)23-25-22(26-30-23)18-12-9-13-19(16-18)29-2/h4-6,9-13,16,20-21H,3,7-8,14-15H2,1-2H3/t20-,21+/m0/s1. The van der Waals surface area contributed by atoms with Gasteiger partial charge in [-0.3, -0.25) is 4.79 Å². The van der Waals surface area contributed by atoms with E-state index in [1.807, 2.05) is 59.5 Å². The highest BCUT2D eigenvalue weighted by molar-refractivity contribution is 5.84. The smallest absolute Gasteiger partial charge is 0.249 e.